The van der Waals surface area contributed by atoms with E-state index in [4.69, 9.17) is 4.74 Å². The fourth-order valence-corrected chi connectivity index (χ4v) is 5.79. The van der Waals surface area contributed by atoms with Crippen LogP contribution >= 0.6 is 0 Å². The molecular weight excluding hydrogens is 288 g/mol. The van der Waals surface area contributed by atoms with Crippen LogP contribution in [0.1, 0.15) is 54.4 Å². The van der Waals surface area contributed by atoms with Crippen molar-refractivity contribution in [3.05, 3.63) is 29.6 Å². The summed E-state index contributed by atoms with van der Waals surface area (Å²) in [6.45, 7) is 1.89. The maximum atomic E-state index is 11.6. The van der Waals surface area contributed by atoms with E-state index in [1.54, 1.807) is 6.20 Å². The van der Waals surface area contributed by atoms with E-state index >= 15 is 0 Å². The van der Waals surface area contributed by atoms with Crippen LogP contribution in [0.3, 0.4) is 0 Å². The van der Waals surface area contributed by atoms with Gasteiger partial charge in [0.1, 0.15) is 0 Å². The van der Waals surface area contributed by atoms with Gasteiger partial charge in [-0.3, -0.25) is 4.98 Å². The molecule has 4 nitrogen and oxygen atoms in total. The predicted octanol–water partition coefficient (Wildman–Crippen LogP) is 3.17. The van der Waals surface area contributed by atoms with Gasteiger partial charge in [0.2, 0.25) is 0 Å². The molecular formula is C19H26N2O2. The quantitative estimate of drug-likeness (QED) is 0.848. The molecule has 4 aliphatic rings. The number of carbonyl (C=O) groups excluding carboxylic acids is 1. The van der Waals surface area contributed by atoms with Crippen molar-refractivity contribution in [2.24, 2.45) is 23.2 Å². The molecule has 0 aromatic carbocycles. The minimum atomic E-state index is -0.319. The van der Waals surface area contributed by atoms with Crippen molar-refractivity contribution in [3.8, 4) is 0 Å². The summed E-state index contributed by atoms with van der Waals surface area (Å²) in [5, 5.41) is 3.65. The van der Waals surface area contributed by atoms with Crippen molar-refractivity contribution >= 4 is 5.97 Å². The summed E-state index contributed by atoms with van der Waals surface area (Å²) in [6, 6.07) is 1.88. The summed E-state index contributed by atoms with van der Waals surface area (Å²) in [6.07, 6.45) is 12.1. The Balaban J connectivity index is 1.36. The third kappa shape index (κ3) is 3.01. The first-order valence-corrected chi connectivity index (χ1v) is 8.89. The number of hydrogen-bond donors (Lipinski definition) is 1. The lowest BCUT2D eigenvalue weighted by molar-refractivity contribution is -0.0514. The van der Waals surface area contributed by atoms with Crippen LogP contribution in [0, 0.1) is 23.2 Å². The van der Waals surface area contributed by atoms with E-state index in [0.717, 1.165) is 36.4 Å². The van der Waals surface area contributed by atoms with Crippen LogP contribution in [-0.4, -0.2) is 24.6 Å². The highest BCUT2D eigenvalue weighted by Crippen LogP contribution is 2.59. The Morgan fingerprint density at radius 3 is 2.48 bits per heavy atom. The van der Waals surface area contributed by atoms with Gasteiger partial charge in [-0.15, -0.1) is 0 Å². The first-order chi connectivity index (χ1) is 11.2. The van der Waals surface area contributed by atoms with Crippen LogP contribution in [0.5, 0.6) is 0 Å². The predicted molar refractivity (Wildman–Crippen MR) is 87.9 cm³/mol. The largest absolute Gasteiger partial charge is 0.465 e. The van der Waals surface area contributed by atoms with Gasteiger partial charge in [0.15, 0.2) is 0 Å². The number of nitrogens with zero attached hydrogens (tertiary/aromatic N) is 1. The summed E-state index contributed by atoms with van der Waals surface area (Å²) < 4.78 is 4.76. The lowest BCUT2D eigenvalue weighted by Crippen LogP contribution is -2.50. The number of hydrogen-bond acceptors (Lipinski definition) is 4. The topological polar surface area (TPSA) is 51.2 Å². The van der Waals surface area contributed by atoms with Gasteiger partial charge in [0.25, 0.3) is 0 Å². The number of pyridine rings is 1. The third-order valence-corrected chi connectivity index (χ3v) is 6.21. The van der Waals surface area contributed by atoms with Crippen LogP contribution in [0.2, 0.25) is 0 Å². The molecule has 4 bridgehead atoms. The molecule has 5 rings (SSSR count). The van der Waals surface area contributed by atoms with Crippen molar-refractivity contribution in [1.82, 2.24) is 10.3 Å². The van der Waals surface area contributed by atoms with E-state index in [1.165, 1.54) is 45.6 Å². The number of esters is 1. The number of carbonyl (C=O) groups is 1. The molecule has 1 heterocycles. The van der Waals surface area contributed by atoms with Crippen LogP contribution in [0.4, 0.5) is 0 Å². The molecule has 0 radical (unpaired) electrons. The molecule has 1 aromatic rings. The highest BCUT2D eigenvalue weighted by atomic mass is 16.5. The Morgan fingerprint density at radius 2 is 1.87 bits per heavy atom. The third-order valence-electron chi connectivity index (χ3n) is 6.21. The highest BCUT2D eigenvalue weighted by molar-refractivity contribution is 5.89. The van der Waals surface area contributed by atoms with Crippen LogP contribution < -0.4 is 5.32 Å². The Labute approximate surface area is 138 Å². The normalized spacial score (nSPS) is 34.6. The van der Waals surface area contributed by atoms with E-state index in [9.17, 15) is 4.79 Å². The standard InChI is InChI=1S/C19H26N2O2/c1-23-18(22)17-5-16(9-20-11-17)10-21-12-19-6-13-2-14(7-19)4-15(3-13)8-19/h5,9,11,13-15,21H,2-4,6-8,10,12H2,1H3. The molecule has 4 fully saturated rings. The molecule has 4 saturated carbocycles. The van der Waals surface area contributed by atoms with Gasteiger partial charge in [-0.05, 0) is 73.3 Å². The Bertz CT molecular complexity index is 564. The van der Waals surface area contributed by atoms with Gasteiger partial charge in [0.05, 0.1) is 12.7 Å². The Morgan fingerprint density at radius 1 is 1.22 bits per heavy atom. The second-order valence-electron chi connectivity index (χ2n) is 8.09. The molecule has 4 heteroatoms. The molecule has 124 valence electrons. The average Bonchev–Trinajstić information content (AvgIpc) is 2.53. The zero-order valence-corrected chi connectivity index (χ0v) is 13.9. The molecule has 0 unspecified atom stereocenters. The molecule has 1 aromatic heterocycles. The summed E-state index contributed by atoms with van der Waals surface area (Å²) >= 11 is 0. The second kappa shape index (κ2) is 5.90. The molecule has 0 amide bonds. The molecule has 0 atom stereocenters. The molecule has 23 heavy (non-hydrogen) atoms. The minimum absolute atomic E-state index is 0.319. The number of nitrogens with one attached hydrogen (secondary N) is 1. The molecule has 0 spiro atoms. The number of ether oxygens (including phenoxy) is 1. The van der Waals surface area contributed by atoms with Crippen molar-refractivity contribution in [2.75, 3.05) is 13.7 Å². The SMILES string of the molecule is COC(=O)c1cncc(CNCC23CC4CC(CC(C4)C2)C3)c1. The Kier molecular flexibility index (Phi) is 3.88. The summed E-state index contributed by atoms with van der Waals surface area (Å²) in [7, 11) is 1.40. The molecule has 0 saturated heterocycles. The molecule has 4 aliphatic carbocycles. The van der Waals surface area contributed by atoms with Crippen molar-refractivity contribution in [3.63, 3.8) is 0 Å². The van der Waals surface area contributed by atoms with E-state index in [0.29, 0.717) is 11.0 Å². The first-order valence-electron chi connectivity index (χ1n) is 8.89. The van der Waals surface area contributed by atoms with Crippen molar-refractivity contribution in [2.45, 2.75) is 45.1 Å². The first kappa shape index (κ1) is 15.1. The fourth-order valence-electron chi connectivity index (χ4n) is 5.79. The fraction of sp³-hybridized carbons (Fsp3) is 0.684. The lowest BCUT2D eigenvalue weighted by Gasteiger charge is -2.57. The monoisotopic (exact) mass is 314 g/mol. The van der Waals surface area contributed by atoms with Crippen molar-refractivity contribution < 1.29 is 9.53 Å². The van der Waals surface area contributed by atoms with Crippen LogP contribution in [-0.2, 0) is 11.3 Å². The molecule has 0 aliphatic heterocycles. The van der Waals surface area contributed by atoms with Gasteiger partial charge < -0.3 is 10.1 Å². The summed E-state index contributed by atoms with van der Waals surface area (Å²) in [5.74, 6) is 2.66. The van der Waals surface area contributed by atoms with Crippen LogP contribution in [0.25, 0.3) is 0 Å². The van der Waals surface area contributed by atoms with Gasteiger partial charge in [-0.25, -0.2) is 4.79 Å². The van der Waals surface area contributed by atoms with Crippen LogP contribution in [0.15, 0.2) is 18.5 Å². The van der Waals surface area contributed by atoms with Gasteiger partial charge in [-0.1, -0.05) is 0 Å². The van der Waals surface area contributed by atoms with E-state index in [2.05, 4.69) is 10.3 Å². The summed E-state index contributed by atoms with van der Waals surface area (Å²) in [4.78, 5) is 15.7. The van der Waals surface area contributed by atoms with E-state index < -0.39 is 0 Å². The lowest BCUT2D eigenvalue weighted by atomic mass is 9.49. The average molecular weight is 314 g/mol. The van der Waals surface area contributed by atoms with Crippen molar-refractivity contribution in [1.29, 1.82) is 0 Å². The Hall–Kier alpha value is -1.42. The second-order valence-corrected chi connectivity index (χ2v) is 8.09. The van der Waals surface area contributed by atoms with E-state index in [1.807, 2.05) is 12.3 Å². The number of aromatic nitrogens is 1. The highest BCUT2D eigenvalue weighted by Gasteiger charge is 2.50. The zero-order chi connectivity index (χ0) is 15.9. The minimum Gasteiger partial charge on any atom is -0.465 e. The maximum absolute atomic E-state index is 11.6. The van der Waals surface area contributed by atoms with Gasteiger partial charge >= 0.3 is 5.97 Å². The van der Waals surface area contributed by atoms with E-state index in [-0.39, 0.29) is 5.97 Å². The smallest absolute Gasteiger partial charge is 0.339 e. The number of rotatable bonds is 5. The maximum Gasteiger partial charge on any atom is 0.339 e. The molecule has 1 N–H and O–H groups in total. The number of methoxy groups -OCH3 is 1. The zero-order valence-electron chi connectivity index (χ0n) is 13.9. The van der Waals surface area contributed by atoms with Gasteiger partial charge in [-0.2, -0.15) is 0 Å². The summed E-state index contributed by atoms with van der Waals surface area (Å²) in [5.41, 5.74) is 2.13. The van der Waals surface area contributed by atoms with Gasteiger partial charge in [0, 0.05) is 25.5 Å².